The molecule has 0 bridgehead atoms. The van der Waals surface area contributed by atoms with Crippen molar-refractivity contribution < 1.29 is 41.1 Å². The number of nitrogens with zero attached hydrogens (tertiary/aromatic N) is 2. The first-order valence-electron chi connectivity index (χ1n) is 4.88. The van der Waals surface area contributed by atoms with Crippen LogP contribution in [0.2, 0.25) is 0 Å². The molecule has 1 aromatic rings. The van der Waals surface area contributed by atoms with Gasteiger partial charge in [0.15, 0.2) is 0 Å². The lowest BCUT2D eigenvalue weighted by Crippen LogP contribution is -2.20. The van der Waals surface area contributed by atoms with Crippen LogP contribution in [0.4, 0.5) is 27.6 Å². The molecule has 0 atom stereocenters. The van der Waals surface area contributed by atoms with Crippen molar-refractivity contribution in [2.24, 2.45) is 0 Å². The topological polar surface area (TPSA) is 91.6 Å². The highest BCUT2D eigenvalue weighted by Gasteiger charge is 2.37. The average molecular weight is 316 g/mol. The summed E-state index contributed by atoms with van der Waals surface area (Å²) in [5.74, 6) is -3.12. The van der Waals surface area contributed by atoms with Gasteiger partial charge in [-0.1, -0.05) is 0 Å². The molecule has 1 rings (SSSR count). The van der Waals surface area contributed by atoms with Crippen LogP contribution in [0.3, 0.4) is 0 Å². The molecule has 0 N–H and O–H groups in total. The van der Waals surface area contributed by atoms with Gasteiger partial charge < -0.3 is 9.47 Å². The predicted molar refractivity (Wildman–Crippen MR) is 53.9 cm³/mol. The summed E-state index contributed by atoms with van der Waals surface area (Å²) in [6.45, 7) is 0. The molecule has 116 valence electrons. The number of hydrogen-bond donors (Lipinski definition) is 0. The Balaban J connectivity index is 3.54. The first kappa shape index (κ1) is 16.5. The van der Waals surface area contributed by atoms with Gasteiger partial charge in [0.2, 0.25) is 0 Å². The van der Waals surface area contributed by atoms with E-state index in [1.165, 1.54) is 0 Å². The SMILES string of the molecule is COC(=O)c1cc([N+](=O)[O-])c(OC(F)(F)F)nc1C(F)F. The van der Waals surface area contributed by atoms with Gasteiger partial charge in [-0.3, -0.25) is 10.1 Å². The molecule has 1 heterocycles. The van der Waals surface area contributed by atoms with Crippen molar-refractivity contribution in [2.75, 3.05) is 7.11 Å². The van der Waals surface area contributed by atoms with E-state index >= 15 is 0 Å². The van der Waals surface area contributed by atoms with Crippen molar-refractivity contribution in [3.63, 3.8) is 0 Å². The van der Waals surface area contributed by atoms with Gasteiger partial charge in [0, 0.05) is 6.07 Å². The molecule has 0 aliphatic heterocycles. The summed E-state index contributed by atoms with van der Waals surface area (Å²) >= 11 is 0. The summed E-state index contributed by atoms with van der Waals surface area (Å²) < 4.78 is 68.9. The van der Waals surface area contributed by atoms with Crippen molar-refractivity contribution in [1.82, 2.24) is 4.98 Å². The van der Waals surface area contributed by atoms with E-state index in [0.717, 1.165) is 7.11 Å². The second kappa shape index (κ2) is 5.85. The fraction of sp³-hybridized carbons (Fsp3) is 0.333. The number of rotatable bonds is 4. The van der Waals surface area contributed by atoms with Crippen LogP contribution in [0.1, 0.15) is 22.5 Å². The average Bonchev–Trinajstić information content (AvgIpc) is 2.34. The maximum atomic E-state index is 12.7. The standard InChI is InChI=1S/C9H5F5N2O5/c1-20-8(17)3-2-4(16(18)19)7(21-9(12,13)14)15-5(3)6(10)11/h2,6H,1H3. The number of halogens is 5. The summed E-state index contributed by atoms with van der Waals surface area (Å²) in [5, 5.41) is 10.6. The maximum Gasteiger partial charge on any atom is 0.574 e. The summed E-state index contributed by atoms with van der Waals surface area (Å²) in [7, 11) is 0.795. The Morgan fingerprint density at radius 1 is 1.43 bits per heavy atom. The molecule has 1 aromatic heterocycles. The highest BCUT2D eigenvalue weighted by Crippen LogP contribution is 2.34. The lowest BCUT2D eigenvalue weighted by atomic mass is 10.2. The fourth-order valence-corrected chi connectivity index (χ4v) is 1.25. The number of pyridine rings is 1. The van der Waals surface area contributed by atoms with E-state index < -0.39 is 46.5 Å². The number of alkyl halides is 5. The van der Waals surface area contributed by atoms with E-state index in [9.17, 15) is 36.9 Å². The number of nitro groups is 1. The van der Waals surface area contributed by atoms with Crippen molar-refractivity contribution in [3.05, 3.63) is 27.4 Å². The summed E-state index contributed by atoms with van der Waals surface area (Å²) in [6.07, 6.45) is -8.86. The van der Waals surface area contributed by atoms with E-state index in [2.05, 4.69) is 14.5 Å². The molecule has 0 saturated carbocycles. The Hall–Kier alpha value is -2.53. The first-order valence-corrected chi connectivity index (χ1v) is 4.88. The molecule has 12 heteroatoms. The number of carbonyl (C=O) groups excluding carboxylic acids is 1. The van der Waals surface area contributed by atoms with Gasteiger partial charge in [0.25, 0.3) is 6.43 Å². The first-order chi connectivity index (χ1) is 9.56. The van der Waals surface area contributed by atoms with Gasteiger partial charge in [-0.2, -0.15) is 0 Å². The Morgan fingerprint density at radius 3 is 2.38 bits per heavy atom. The molecule has 0 saturated heterocycles. The molecule has 0 aromatic carbocycles. The Morgan fingerprint density at radius 2 is 2.00 bits per heavy atom. The highest BCUT2D eigenvalue weighted by molar-refractivity contribution is 5.91. The number of hydrogen-bond acceptors (Lipinski definition) is 6. The Bertz CT molecular complexity index is 574. The summed E-state index contributed by atoms with van der Waals surface area (Å²) in [4.78, 5) is 23.2. The zero-order valence-electron chi connectivity index (χ0n) is 9.98. The quantitative estimate of drug-likeness (QED) is 0.367. The Kier molecular flexibility index (Phi) is 4.60. The minimum Gasteiger partial charge on any atom is -0.465 e. The van der Waals surface area contributed by atoms with Crippen molar-refractivity contribution >= 4 is 11.7 Å². The molecule has 0 aliphatic rings. The van der Waals surface area contributed by atoms with Crippen LogP contribution in [0, 0.1) is 10.1 Å². The summed E-state index contributed by atoms with van der Waals surface area (Å²) in [5.41, 5.74) is -3.86. The van der Waals surface area contributed by atoms with E-state index in [1.54, 1.807) is 0 Å². The number of methoxy groups -OCH3 is 1. The fourth-order valence-electron chi connectivity index (χ4n) is 1.25. The van der Waals surface area contributed by atoms with E-state index in [-0.39, 0.29) is 6.07 Å². The zero-order chi connectivity index (χ0) is 16.4. The lowest BCUT2D eigenvalue weighted by Gasteiger charge is -2.11. The molecule has 0 aliphatic carbocycles. The third-order valence-corrected chi connectivity index (χ3v) is 2.02. The highest BCUT2D eigenvalue weighted by atomic mass is 19.4. The van der Waals surface area contributed by atoms with Gasteiger partial charge in [0.1, 0.15) is 5.69 Å². The molecular weight excluding hydrogens is 311 g/mol. The van der Waals surface area contributed by atoms with Gasteiger partial charge in [0.05, 0.1) is 17.6 Å². The third-order valence-electron chi connectivity index (χ3n) is 2.02. The minimum atomic E-state index is -5.38. The second-order valence-electron chi connectivity index (χ2n) is 3.34. The maximum absolute atomic E-state index is 12.7. The van der Waals surface area contributed by atoms with Crippen molar-refractivity contribution in [3.8, 4) is 5.88 Å². The molecule has 0 fully saturated rings. The van der Waals surface area contributed by atoms with Crippen molar-refractivity contribution in [1.29, 1.82) is 0 Å². The third kappa shape index (κ3) is 3.97. The van der Waals surface area contributed by atoms with Crippen LogP contribution in [-0.2, 0) is 4.74 Å². The Labute approximate surface area is 112 Å². The number of esters is 1. The van der Waals surface area contributed by atoms with Crippen LogP contribution in [0.25, 0.3) is 0 Å². The van der Waals surface area contributed by atoms with Crippen LogP contribution in [-0.4, -0.2) is 29.3 Å². The molecule has 0 unspecified atom stereocenters. The normalized spacial score (nSPS) is 11.4. The van der Waals surface area contributed by atoms with Crippen LogP contribution in [0.5, 0.6) is 5.88 Å². The molecule has 0 amide bonds. The van der Waals surface area contributed by atoms with Crippen LogP contribution in [0.15, 0.2) is 6.07 Å². The smallest absolute Gasteiger partial charge is 0.465 e. The van der Waals surface area contributed by atoms with Gasteiger partial charge >= 0.3 is 23.9 Å². The molecule has 0 spiro atoms. The number of carbonyl (C=O) groups is 1. The summed E-state index contributed by atoms with van der Waals surface area (Å²) in [6, 6.07) is 0.182. The predicted octanol–water partition coefficient (Wildman–Crippen LogP) is 2.61. The molecule has 21 heavy (non-hydrogen) atoms. The molecule has 7 nitrogen and oxygen atoms in total. The van der Waals surface area contributed by atoms with Crippen molar-refractivity contribution in [2.45, 2.75) is 12.8 Å². The largest absolute Gasteiger partial charge is 0.574 e. The second-order valence-corrected chi connectivity index (χ2v) is 3.34. The number of aromatic nitrogens is 1. The van der Waals surface area contributed by atoms with E-state index in [1.807, 2.05) is 0 Å². The number of ether oxygens (including phenoxy) is 2. The van der Waals surface area contributed by atoms with Gasteiger partial charge in [-0.05, 0) is 0 Å². The van der Waals surface area contributed by atoms with Crippen LogP contribution < -0.4 is 4.74 Å². The zero-order valence-corrected chi connectivity index (χ0v) is 9.98. The minimum absolute atomic E-state index is 0.182. The monoisotopic (exact) mass is 316 g/mol. The van der Waals surface area contributed by atoms with Gasteiger partial charge in [-0.15, -0.1) is 13.2 Å². The lowest BCUT2D eigenvalue weighted by molar-refractivity contribution is -0.389. The van der Waals surface area contributed by atoms with Crippen LogP contribution >= 0.6 is 0 Å². The molecule has 0 radical (unpaired) electrons. The van der Waals surface area contributed by atoms with E-state index in [4.69, 9.17) is 0 Å². The molecular formula is C9H5F5N2O5. The van der Waals surface area contributed by atoms with E-state index in [0.29, 0.717) is 0 Å². The van der Waals surface area contributed by atoms with Gasteiger partial charge in [-0.25, -0.2) is 18.6 Å².